The molecule has 0 unspecified atom stereocenters. The van der Waals surface area contributed by atoms with Crippen LogP contribution in [0.1, 0.15) is 10.6 Å². The van der Waals surface area contributed by atoms with Gasteiger partial charge in [-0.3, -0.25) is 4.79 Å². The van der Waals surface area contributed by atoms with Gasteiger partial charge in [-0.15, -0.1) is 11.8 Å². The largest absolute Gasteiger partial charge is 0.447 e. The summed E-state index contributed by atoms with van der Waals surface area (Å²) in [4.78, 5) is 11.7. The summed E-state index contributed by atoms with van der Waals surface area (Å²) in [7, 11) is 0. The van der Waals surface area contributed by atoms with E-state index in [1.165, 1.54) is 4.90 Å². The second-order valence-electron chi connectivity index (χ2n) is 3.28. The van der Waals surface area contributed by atoms with Gasteiger partial charge in [0, 0.05) is 16.4 Å². The highest BCUT2D eigenvalue weighted by atomic mass is 32.2. The van der Waals surface area contributed by atoms with Gasteiger partial charge >= 0.3 is 0 Å². The Hall–Kier alpha value is -1.13. The molecule has 0 saturated carbocycles. The highest BCUT2D eigenvalue weighted by molar-refractivity contribution is 8.02. The molecule has 2 nitrogen and oxygen atoms in total. The van der Waals surface area contributed by atoms with Gasteiger partial charge in [-0.25, -0.2) is 0 Å². The Kier molecular flexibility index (Phi) is 4.76. The molecule has 1 aromatic heterocycles. The van der Waals surface area contributed by atoms with Crippen molar-refractivity contribution in [2.24, 2.45) is 0 Å². The van der Waals surface area contributed by atoms with Gasteiger partial charge in [-0.2, -0.15) is 0 Å². The van der Waals surface area contributed by atoms with Crippen LogP contribution in [0.15, 0.2) is 56.9 Å². The quantitative estimate of drug-likeness (QED) is 0.448. The van der Waals surface area contributed by atoms with Gasteiger partial charge in [0.25, 0.3) is 0 Å². The second kappa shape index (κ2) is 6.57. The Morgan fingerprint density at radius 1 is 1.00 bits per heavy atom. The summed E-state index contributed by atoms with van der Waals surface area (Å²) >= 11 is 3.45. The molecular formula is C13H12O2S2. The molecule has 1 heterocycles. The van der Waals surface area contributed by atoms with Gasteiger partial charge in [0.2, 0.25) is 0 Å². The summed E-state index contributed by atoms with van der Waals surface area (Å²) in [6, 6.07) is 13.8. The molecule has 2 rings (SSSR count). The van der Waals surface area contributed by atoms with E-state index in [2.05, 4.69) is 12.1 Å². The van der Waals surface area contributed by atoms with E-state index in [0.717, 1.165) is 22.9 Å². The van der Waals surface area contributed by atoms with E-state index in [4.69, 9.17) is 4.42 Å². The van der Waals surface area contributed by atoms with Crippen molar-refractivity contribution in [2.45, 2.75) is 9.99 Å². The summed E-state index contributed by atoms with van der Waals surface area (Å²) in [6.07, 6.45) is 0.725. The van der Waals surface area contributed by atoms with Crippen LogP contribution < -0.4 is 0 Å². The summed E-state index contributed by atoms with van der Waals surface area (Å²) in [5.41, 5.74) is 0. The molecule has 0 spiro atoms. The summed E-state index contributed by atoms with van der Waals surface area (Å²) in [5, 5.41) is 0.806. The van der Waals surface area contributed by atoms with Crippen molar-refractivity contribution in [3.05, 3.63) is 48.2 Å². The topological polar surface area (TPSA) is 30.2 Å². The molecule has 0 amide bonds. The first-order valence-corrected chi connectivity index (χ1v) is 7.21. The maximum absolute atomic E-state index is 10.4. The molecule has 4 heteroatoms. The minimum Gasteiger partial charge on any atom is -0.447 e. The number of rotatable bonds is 6. The van der Waals surface area contributed by atoms with Crippen molar-refractivity contribution in [3.8, 4) is 0 Å². The molecule has 0 aliphatic heterocycles. The van der Waals surface area contributed by atoms with Crippen LogP contribution in [0.5, 0.6) is 0 Å². The van der Waals surface area contributed by atoms with Gasteiger partial charge in [0.15, 0.2) is 17.1 Å². The van der Waals surface area contributed by atoms with Crippen LogP contribution in [-0.4, -0.2) is 17.8 Å². The SMILES string of the molecule is O=Cc1ccc(SCCSc2ccccc2)o1. The number of carbonyl (C=O) groups is 1. The fourth-order valence-corrected chi connectivity index (χ4v) is 3.07. The number of hydrogen-bond acceptors (Lipinski definition) is 4. The lowest BCUT2D eigenvalue weighted by Crippen LogP contribution is -1.82. The number of furan rings is 1. The fourth-order valence-electron chi connectivity index (χ4n) is 1.29. The average molecular weight is 264 g/mol. The Balaban J connectivity index is 1.71. The van der Waals surface area contributed by atoms with E-state index in [1.54, 1.807) is 17.8 Å². The van der Waals surface area contributed by atoms with Crippen LogP contribution in [0, 0.1) is 0 Å². The van der Waals surface area contributed by atoms with Crippen LogP contribution in [0.4, 0.5) is 0 Å². The van der Waals surface area contributed by atoms with Gasteiger partial charge < -0.3 is 4.42 Å². The first kappa shape index (κ1) is 12.3. The molecule has 0 saturated heterocycles. The molecule has 2 aromatic rings. The second-order valence-corrected chi connectivity index (χ2v) is 5.55. The van der Waals surface area contributed by atoms with Crippen molar-refractivity contribution in [1.82, 2.24) is 0 Å². The van der Waals surface area contributed by atoms with Crippen molar-refractivity contribution in [1.29, 1.82) is 0 Å². The van der Waals surface area contributed by atoms with Crippen LogP contribution in [0.2, 0.25) is 0 Å². The maximum Gasteiger partial charge on any atom is 0.185 e. The zero-order chi connectivity index (χ0) is 11.9. The molecular weight excluding hydrogens is 252 g/mol. The van der Waals surface area contributed by atoms with E-state index in [9.17, 15) is 4.79 Å². The summed E-state index contributed by atoms with van der Waals surface area (Å²) in [5.74, 6) is 2.38. The van der Waals surface area contributed by atoms with Crippen molar-refractivity contribution in [3.63, 3.8) is 0 Å². The Labute approximate surface area is 109 Å². The molecule has 0 bridgehead atoms. The fraction of sp³-hybridized carbons (Fsp3) is 0.154. The minimum atomic E-state index is 0.392. The molecule has 0 fully saturated rings. The van der Waals surface area contributed by atoms with Crippen molar-refractivity contribution >= 4 is 29.8 Å². The third kappa shape index (κ3) is 3.98. The molecule has 0 N–H and O–H groups in total. The number of benzene rings is 1. The predicted octanol–water partition coefficient (Wildman–Crippen LogP) is 3.98. The van der Waals surface area contributed by atoms with Gasteiger partial charge in [-0.05, 0) is 24.3 Å². The number of hydrogen-bond donors (Lipinski definition) is 0. The Morgan fingerprint density at radius 2 is 1.76 bits per heavy atom. The highest BCUT2D eigenvalue weighted by Gasteiger charge is 2.01. The zero-order valence-electron chi connectivity index (χ0n) is 9.17. The number of carbonyl (C=O) groups excluding carboxylic acids is 1. The van der Waals surface area contributed by atoms with Gasteiger partial charge in [-0.1, -0.05) is 30.0 Å². The standard InChI is InChI=1S/C13H12O2S2/c14-10-11-6-7-13(15-11)17-9-8-16-12-4-2-1-3-5-12/h1-7,10H,8-9H2. The average Bonchev–Trinajstić information content (AvgIpc) is 2.84. The molecule has 17 heavy (non-hydrogen) atoms. The lowest BCUT2D eigenvalue weighted by atomic mass is 10.4. The van der Waals surface area contributed by atoms with Crippen molar-refractivity contribution < 1.29 is 9.21 Å². The van der Waals surface area contributed by atoms with E-state index < -0.39 is 0 Å². The molecule has 0 aliphatic carbocycles. The van der Waals surface area contributed by atoms with Crippen LogP contribution >= 0.6 is 23.5 Å². The van der Waals surface area contributed by atoms with E-state index in [1.807, 2.05) is 36.0 Å². The number of thioether (sulfide) groups is 2. The predicted molar refractivity (Wildman–Crippen MR) is 72.0 cm³/mol. The monoisotopic (exact) mass is 264 g/mol. The van der Waals surface area contributed by atoms with Crippen LogP contribution in [0.3, 0.4) is 0 Å². The van der Waals surface area contributed by atoms with E-state index in [-0.39, 0.29) is 0 Å². The van der Waals surface area contributed by atoms with Crippen LogP contribution in [0.25, 0.3) is 0 Å². The lowest BCUT2D eigenvalue weighted by Gasteiger charge is -1.99. The molecule has 88 valence electrons. The first-order valence-electron chi connectivity index (χ1n) is 5.24. The summed E-state index contributed by atoms with van der Waals surface area (Å²) in [6.45, 7) is 0. The molecule has 0 aliphatic rings. The third-order valence-electron chi connectivity index (χ3n) is 2.06. The summed E-state index contributed by atoms with van der Waals surface area (Å²) < 4.78 is 5.27. The lowest BCUT2D eigenvalue weighted by molar-refractivity contribution is 0.109. The number of aldehydes is 1. The normalized spacial score (nSPS) is 10.4. The highest BCUT2D eigenvalue weighted by Crippen LogP contribution is 2.24. The molecule has 0 radical (unpaired) electrons. The maximum atomic E-state index is 10.4. The van der Waals surface area contributed by atoms with Crippen LogP contribution in [-0.2, 0) is 0 Å². The van der Waals surface area contributed by atoms with Crippen molar-refractivity contribution in [2.75, 3.05) is 11.5 Å². The van der Waals surface area contributed by atoms with Gasteiger partial charge in [0.1, 0.15) is 0 Å². The molecule has 1 aromatic carbocycles. The third-order valence-corrected chi connectivity index (χ3v) is 4.24. The molecule has 0 atom stereocenters. The Morgan fingerprint density at radius 3 is 2.47 bits per heavy atom. The van der Waals surface area contributed by atoms with Gasteiger partial charge in [0.05, 0.1) is 0 Å². The van der Waals surface area contributed by atoms with E-state index in [0.29, 0.717) is 5.76 Å². The van der Waals surface area contributed by atoms with E-state index >= 15 is 0 Å². The first-order chi connectivity index (χ1) is 8.38. The minimum absolute atomic E-state index is 0.392. The Bertz CT molecular complexity index is 465. The smallest absolute Gasteiger partial charge is 0.185 e. The zero-order valence-corrected chi connectivity index (χ0v) is 10.8.